The molecule has 3 rings (SSSR count). The van der Waals surface area contributed by atoms with Crippen LogP contribution < -0.4 is 10.6 Å². The highest BCUT2D eigenvalue weighted by atomic mass is 16.3. The fourth-order valence-corrected chi connectivity index (χ4v) is 2.97. The number of hydrogen-bond acceptors (Lipinski definition) is 3. The van der Waals surface area contributed by atoms with Crippen molar-refractivity contribution in [3.05, 3.63) is 78.0 Å². The first kappa shape index (κ1) is 18.9. The minimum absolute atomic E-state index is 0.483. The Kier molecular flexibility index (Phi) is 6.77. The van der Waals surface area contributed by atoms with Gasteiger partial charge in [-0.1, -0.05) is 54.6 Å². The van der Waals surface area contributed by atoms with E-state index in [1.165, 1.54) is 0 Å². The molecule has 0 radical (unpaired) electrons. The molecule has 1 heterocycles. The zero-order chi connectivity index (χ0) is 18.9. The number of aromatic nitrogens is 1. The zero-order valence-corrected chi connectivity index (χ0v) is 15.6. The van der Waals surface area contributed by atoms with Crippen LogP contribution in [0.3, 0.4) is 0 Å². The number of fused-ring (bicyclic) bond motifs is 1. The van der Waals surface area contributed by atoms with E-state index in [1.807, 2.05) is 55.6 Å². The van der Waals surface area contributed by atoms with Crippen molar-refractivity contribution < 1.29 is 5.11 Å². The number of nitrogens with one attached hydrogen (secondary N) is 2. The predicted molar refractivity (Wildman–Crippen MR) is 111 cm³/mol. The van der Waals surface area contributed by atoms with E-state index in [1.54, 1.807) is 0 Å². The Morgan fingerprint density at radius 2 is 1.85 bits per heavy atom. The average molecular weight is 362 g/mol. The van der Waals surface area contributed by atoms with Crippen LogP contribution in [-0.4, -0.2) is 29.1 Å². The van der Waals surface area contributed by atoms with E-state index in [4.69, 9.17) is 0 Å². The molecule has 0 spiro atoms. The first-order chi connectivity index (χ1) is 13.3. The third-order valence-corrected chi connectivity index (χ3v) is 4.36. The third-order valence-electron chi connectivity index (χ3n) is 4.36. The van der Waals surface area contributed by atoms with Crippen LogP contribution in [0.25, 0.3) is 10.9 Å². The van der Waals surface area contributed by atoms with Gasteiger partial charge in [0.15, 0.2) is 5.96 Å². The summed E-state index contributed by atoms with van der Waals surface area (Å²) in [6, 6.07) is 19.9. The zero-order valence-electron chi connectivity index (χ0n) is 15.6. The first-order valence-corrected chi connectivity index (χ1v) is 9.35. The molecule has 3 aromatic rings. The van der Waals surface area contributed by atoms with Gasteiger partial charge in [0.05, 0.1) is 18.2 Å². The largest absolute Gasteiger partial charge is 0.388 e. The van der Waals surface area contributed by atoms with Gasteiger partial charge < -0.3 is 15.7 Å². The summed E-state index contributed by atoms with van der Waals surface area (Å²) in [6.07, 6.45) is 1.94. The molecule has 0 aliphatic heterocycles. The predicted octanol–water partition coefficient (Wildman–Crippen LogP) is 3.41. The summed E-state index contributed by atoms with van der Waals surface area (Å²) in [5.41, 5.74) is 3.01. The van der Waals surface area contributed by atoms with E-state index in [0.717, 1.165) is 34.5 Å². The molecule has 0 saturated heterocycles. The first-order valence-electron chi connectivity index (χ1n) is 9.35. The van der Waals surface area contributed by atoms with Crippen LogP contribution in [0.15, 0.2) is 71.9 Å². The summed E-state index contributed by atoms with van der Waals surface area (Å²) in [5, 5.41) is 18.0. The quantitative estimate of drug-likeness (QED) is 0.445. The van der Waals surface area contributed by atoms with Crippen LogP contribution in [0, 0.1) is 0 Å². The van der Waals surface area contributed by atoms with E-state index in [2.05, 4.69) is 38.8 Å². The van der Waals surface area contributed by atoms with Crippen LogP contribution in [0.5, 0.6) is 0 Å². The molecule has 0 amide bonds. The van der Waals surface area contributed by atoms with Gasteiger partial charge in [-0.2, -0.15) is 0 Å². The van der Waals surface area contributed by atoms with Crippen molar-refractivity contribution in [2.75, 3.05) is 13.1 Å². The second kappa shape index (κ2) is 9.69. The Morgan fingerprint density at radius 3 is 2.67 bits per heavy atom. The highest BCUT2D eigenvalue weighted by Gasteiger charge is 2.07. The summed E-state index contributed by atoms with van der Waals surface area (Å²) in [6.45, 7) is 4.00. The molecule has 1 unspecified atom stereocenters. The van der Waals surface area contributed by atoms with Crippen molar-refractivity contribution in [2.45, 2.75) is 26.0 Å². The second-order valence-corrected chi connectivity index (χ2v) is 6.33. The topological polar surface area (TPSA) is 69.5 Å². The number of guanidine groups is 1. The maximum Gasteiger partial charge on any atom is 0.191 e. The number of benzene rings is 2. The van der Waals surface area contributed by atoms with Gasteiger partial charge in [-0.25, -0.2) is 4.99 Å². The lowest BCUT2D eigenvalue weighted by molar-refractivity contribution is 0.168. The van der Waals surface area contributed by atoms with Gasteiger partial charge in [0.25, 0.3) is 0 Å². The summed E-state index contributed by atoms with van der Waals surface area (Å²) in [5.74, 6) is 0.741. The molecule has 140 valence electrons. The molecular weight excluding hydrogens is 336 g/mol. The molecule has 1 atom stereocenters. The molecular formula is C22H26N4O. The van der Waals surface area contributed by atoms with Gasteiger partial charge in [-0.3, -0.25) is 4.98 Å². The molecule has 0 aliphatic rings. The molecule has 3 N–H and O–H groups in total. The number of pyridine rings is 1. The number of rotatable bonds is 7. The minimum Gasteiger partial charge on any atom is -0.388 e. The number of nitrogens with zero attached hydrogens (tertiary/aromatic N) is 2. The summed E-state index contributed by atoms with van der Waals surface area (Å²) < 4.78 is 0. The number of aliphatic imine (C=N–C) groups is 1. The smallest absolute Gasteiger partial charge is 0.191 e. The van der Waals surface area contributed by atoms with Gasteiger partial charge in [0.1, 0.15) is 0 Å². The average Bonchev–Trinajstić information content (AvgIpc) is 2.72. The van der Waals surface area contributed by atoms with Crippen molar-refractivity contribution in [1.29, 1.82) is 0 Å². The normalized spacial score (nSPS) is 12.7. The van der Waals surface area contributed by atoms with Gasteiger partial charge >= 0.3 is 0 Å². The van der Waals surface area contributed by atoms with E-state index in [0.29, 0.717) is 19.5 Å². The van der Waals surface area contributed by atoms with Crippen molar-refractivity contribution >= 4 is 16.9 Å². The molecule has 27 heavy (non-hydrogen) atoms. The van der Waals surface area contributed by atoms with Crippen LogP contribution in [-0.2, 0) is 6.54 Å². The highest BCUT2D eigenvalue weighted by Crippen LogP contribution is 2.17. The monoisotopic (exact) mass is 362 g/mol. The van der Waals surface area contributed by atoms with Gasteiger partial charge in [0, 0.05) is 24.7 Å². The van der Waals surface area contributed by atoms with Crippen LogP contribution >= 0.6 is 0 Å². The van der Waals surface area contributed by atoms with E-state index in [-0.39, 0.29) is 0 Å². The fraction of sp³-hybridized carbons (Fsp3) is 0.273. The molecule has 1 aromatic heterocycles. The molecule has 0 bridgehead atoms. The second-order valence-electron chi connectivity index (χ2n) is 6.33. The van der Waals surface area contributed by atoms with Crippen molar-refractivity contribution in [2.24, 2.45) is 4.99 Å². The maximum absolute atomic E-state index is 10.3. The van der Waals surface area contributed by atoms with E-state index >= 15 is 0 Å². The van der Waals surface area contributed by atoms with Gasteiger partial charge in [0.2, 0.25) is 0 Å². The van der Waals surface area contributed by atoms with Crippen LogP contribution in [0.2, 0.25) is 0 Å². The number of hydrogen-bond donors (Lipinski definition) is 3. The number of aliphatic hydroxyl groups is 1. The lowest BCUT2D eigenvalue weighted by atomic mass is 10.1. The number of para-hydroxylation sites is 1. The summed E-state index contributed by atoms with van der Waals surface area (Å²) in [4.78, 5) is 9.16. The van der Waals surface area contributed by atoms with Crippen molar-refractivity contribution in [3.8, 4) is 0 Å². The Bertz CT molecular complexity index is 874. The summed E-state index contributed by atoms with van der Waals surface area (Å²) in [7, 11) is 0. The fourth-order valence-electron chi connectivity index (χ4n) is 2.97. The lowest BCUT2D eigenvalue weighted by Gasteiger charge is -2.14. The van der Waals surface area contributed by atoms with Gasteiger partial charge in [-0.15, -0.1) is 0 Å². The molecule has 0 saturated carbocycles. The van der Waals surface area contributed by atoms with Crippen LogP contribution in [0.4, 0.5) is 0 Å². The third kappa shape index (κ3) is 5.28. The summed E-state index contributed by atoms with van der Waals surface area (Å²) >= 11 is 0. The van der Waals surface area contributed by atoms with Crippen molar-refractivity contribution in [1.82, 2.24) is 15.6 Å². The minimum atomic E-state index is -0.483. The molecule has 5 nitrogen and oxygen atoms in total. The molecule has 0 aliphatic carbocycles. The van der Waals surface area contributed by atoms with E-state index in [9.17, 15) is 5.11 Å². The molecule has 2 aromatic carbocycles. The van der Waals surface area contributed by atoms with Gasteiger partial charge in [-0.05, 0) is 30.5 Å². The highest BCUT2D eigenvalue weighted by molar-refractivity contribution is 5.83. The standard InChI is InChI=1S/C22H26N4O/c1-2-23-22(25-15-13-20(27)17-8-4-3-5-9-17)26-16-19-11-6-10-18-12-7-14-24-21(18)19/h3-12,14,20,27H,2,13,15-16H2,1H3,(H2,23,25,26). The Hall–Kier alpha value is -2.92. The maximum atomic E-state index is 10.3. The van der Waals surface area contributed by atoms with Crippen LogP contribution in [0.1, 0.15) is 30.6 Å². The van der Waals surface area contributed by atoms with Crippen molar-refractivity contribution in [3.63, 3.8) is 0 Å². The molecule has 5 heteroatoms. The van der Waals surface area contributed by atoms with E-state index < -0.39 is 6.10 Å². The SMILES string of the molecule is CCNC(=NCc1cccc2cccnc12)NCCC(O)c1ccccc1. The Morgan fingerprint density at radius 1 is 1.04 bits per heavy atom. The lowest BCUT2D eigenvalue weighted by Crippen LogP contribution is -2.38. The number of aliphatic hydroxyl groups excluding tert-OH is 1. The molecule has 0 fully saturated rings. The Balaban J connectivity index is 1.61. The Labute approximate surface area is 160 Å².